The standard InChI is InChI=1S/C23H21N3O5/c1-28-16-10-11-18(20(12-16)29-2)23-25-22(31-26-23)13-24-21(27)14-30-19-9-5-7-15-6-3-4-8-17(15)19/h3-12H,13-14H2,1-2H3,(H,24,27). The minimum Gasteiger partial charge on any atom is -0.497 e. The Morgan fingerprint density at radius 3 is 2.68 bits per heavy atom. The van der Waals surface area contributed by atoms with Gasteiger partial charge in [-0.15, -0.1) is 0 Å². The van der Waals surface area contributed by atoms with Crippen LogP contribution in [0.4, 0.5) is 0 Å². The maximum atomic E-state index is 12.2. The van der Waals surface area contributed by atoms with Crippen LogP contribution in [0, 0.1) is 0 Å². The molecule has 31 heavy (non-hydrogen) atoms. The summed E-state index contributed by atoms with van der Waals surface area (Å²) in [7, 11) is 3.13. The van der Waals surface area contributed by atoms with E-state index in [2.05, 4.69) is 15.5 Å². The van der Waals surface area contributed by atoms with Crippen LogP contribution in [0.5, 0.6) is 17.2 Å². The Balaban J connectivity index is 1.36. The molecule has 0 unspecified atom stereocenters. The predicted molar refractivity (Wildman–Crippen MR) is 114 cm³/mol. The molecule has 0 saturated carbocycles. The SMILES string of the molecule is COc1ccc(-c2noc(CNC(=O)COc3cccc4ccccc34)n2)c(OC)c1. The number of carbonyl (C=O) groups excluding carboxylic acids is 1. The third-order valence-corrected chi connectivity index (χ3v) is 4.66. The highest BCUT2D eigenvalue weighted by molar-refractivity contribution is 5.88. The lowest BCUT2D eigenvalue weighted by Crippen LogP contribution is -2.28. The molecule has 0 aliphatic heterocycles. The van der Waals surface area contributed by atoms with Gasteiger partial charge in [-0.25, -0.2) is 0 Å². The summed E-state index contributed by atoms with van der Waals surface area (Å²) in [4.78, 5) is 16.5. The number of benzene rings is 3. The fraction of sp³-hybridized carbons (Fsp3) is 0.174. The normalized spacial score (nSPS) is 10.6. The smallest absolute Gasteiger partial charge is 0.258 e. The average molecular weight is 419 g/mol. The zero-order valence-corrected chi connectivity index (χ0v) is 17.1. The number of fused-ring (bicyclic) bond motifs is 1. The molecule has 0 saturated heterocycles. The molecule has 1 N–H and O–H groups in total. The number of methoxy groups -OCH3 is 2. The fourth-order valence-corrected chi connectivity index (χ4v) is 3.11. The molecule has 0 spiro atoms. The van der Waals surface area contributed by atoms with E-state index in [1.807, 2.05) is 42.5 Å². The number of hydrogen-bond acceptors (Lipinski definition) is 7. The maximum absolute atomic E-state index is 12.2. The van der Waals surface area contributed by atoms with Crippen LogP contribution in [-0.2, 0) is 11.3 Å². The molecule has 4 rings (SSSR count). The second kappa shape index (κ2) is 9.17. The van der Waals surface area contributed by atoms with Crippen molar-refractivity contribution in [2.24, 2.45) is 0 Å². The van der Waals surface area contributed by atoms with E-state index in [0.717, 1.165) is 10.8 Å². The molecule has 0 radical (unpaired) electrons. The summed E-state index contributed by atoms with van der Waals surface area (Å²) < 4.78 is 21.5. The molecule has 0 bridgehead atoms. The van der Waals surface area contributed by atoms with E-state index in [9.17, 15) is 4.79 Å². The molecule has 0 fully saturated rings. The first-order valence-electron chi connectivity index (χ1n) is 9.60. The monoisotopic (exact) mass is 419 g/mol. The van der Waals surface area contributed by atoms with Crippen molar-refractivity contribution in [3.63, 3.8) is 0 Å². The Kier molecular flexibility index (Phi) is 5.98. The fourth-order valence-electron chi connectivity index (χ4n) is 3.11. The summed E-state index contributed by atoms with van der Waals surface area (Å²) in [6.07, 6.45) is 0. The minimum absolute atomic E-state index is 0.0865. The first-order valence-corrected chi connectivity index (χ1v) is 9.60. The van der Waals surface area contributed by atoms with Gasteiger partial charge in [0.2, 0.25) is 11.7 Å². The quantitative estimate of drug-likeness (QED) is 0.466. The van der Waals surface area contributed by atoms with E-state index in [1.165, 1.54) is 0 Å². The second-order valence-electron chi connectivity index (χ2n) is 6.62. The summed E-state index contributed by atoms with van der Waals surface area (Å²) in [6, 6.07) is 18.8. The van der Waals surface area contributed by atoms with Crippen LogP contribution in [0.25, 0.3) is 22.2 Å². The molecule has 0 aliphatic rings. The first-order chi connectivity index (χ1) is 15.2. The Labute approximate surface area is 178 Å². The zero-order chi connectivity index (χ0) is 21.6. The highest BCUT2D eigenvalue weighted by atomic mass is 16.5. The molecule has 4 aromatic rings. The Morgan fingerprint density at radius 1 is 1.00 bits per heavy atom. The van der Waals surface area contributed by atoms with Crippen molar-refractivity contribution < 1.29 is 23.5 Å². The topological polar surface area (TPSA) is 95.7 Å². The summed E-state index contributed by atoms with van der Waals surface area (Å²) in [5.41, 5.74) is 0.656. The van der Waals surface area contributed by atoms with Crippen LogP contribution >= 0.6 is 0 Å². The van der Waals surface area contributed by atoms with Crippen molar-refractivity contribution in [2.75, 3.05) is 20.8 Å². The molecular weight excluding hydrogens is 398 g/mol. The second-order valence-corrected chi connectivity index (χ2v) is 6.62. The zero-order valence-electron chi connectivity index (χ0n) is 17.1. The van der Waals surface area contributed by atoms with Crippen LogP contribution in [0.1, 0.15) is 5.89 Å². The number of aromatic nitrogens is 2. The molecule has 8 heteroatoms. The van der Waals surface area contributed by atoms with Crippen LogP contribution in [0.3, 0.4) is 0 Å². The molecular formula is C23H21N3O5. The third kappa shape index (κ3) is 4.58. The molecule has 1 amide bonds. The van der Waals surface area contributed by atoms with Crippen molar-refractivity contribution in [3.05, 3.63) is 66.6 Å². The Hall–Kier alpha value is -4.07. The van der Waals surface area contributed by atoms with Crippen LogP contribution in [0.2, 0.25) is 0 Å². The lowest BCUT2D eigenvalue weighted by Gasteiger charge is -2.09. The van der Waals surface area contributed by atoms with Gasteiger partial charge < -0.3 is 24.1 Å². The van der Waals surface area contributed by atoms with Gasteiger partial charge in [-0.3, -0.25) is 4.79 Å². The lowest BCUT2D eigenvalue weighted by atomic mass is 10.1. The molecule has 1 heterocycles. The number of nitrogens with zero attached hydrogens (tertiary/aromatic N) is 2. The Morgan fingerprint density at radius 2 is 1.84 bits per heavy atom. The number of hydrogen-bond donors (Lipinski definition) is 1. The predicted octanol–water partition coefficient (Wildman–Crippen LogP) is 3.60. The highest BCUT2D eigenvalue weighted by Gasteiger charge is 2.15. The number of amides is 1. The summed E-state index contributed by atoms with van der Waals surface area (Å²) in [5, 5.41) is 8.68. The number of carbonyl (C=O) groups is 1. The van der Waals surface area contributed by atoms with E-state index in [-0.39, 0.29) is 24.9 Å². The van der Waals surface area contributed by atoms with E-state index >= 15 is 0 Å². The summed E-state index contributed by atoms with van der Waals surface area (Å²) >= 11 is 0. The van der Waals surface area contributed by atoms with Gasteiger partial charge in [-0.1, -0.05) is 41.6 Å². The molecule has 3 aromatic carbocycles. The van der Waals surface area contributed by atoms with Crippen molar-refractivity contribution in [3.8, 4) is 28.6 Å². The van der Waals surface area contributed by atoms with Gasteiger partial charge in [0.25, 0.3) is 5.91 Å². The summed E-state index contributed by atoms with van der Waals surface area (Å²) in [6.45, 7) is -0.0372. The third-order valence-electron chi connectivity index (χ3n) is 4.66. The van der Waals surface area contributed by atoms with Gasteiger partial charge in [0.05, 0.1) is 26.3 Å². The van der Waals surface area contributed by atoms with E-state index in [4.69, 9.17) is 18.7 Å². The van der Waals surface area contributed by atoms with E-state index in [1.54, 1.807) is 32.4 Å². The maximum Gasteiger partial charge on any atom is 0.258 e. The van der Waals surface area contributed by atoms with Gasteiger partial charge in [-0.05, 0) is 23.6 Å². The van der Waals surface area contributed by atoms with Gasteiger partial charge in [0.1, 0.15) is 17.2 Å². The van der Waals surface area contributed by atoms with Crippen molar-refractivity contribution in [1.29, 1.82) is 0 Å². The van der Waals surface area contributed by atoms with Gasteiger partial charge in [0.15, 0.2) is 6.61 Å². The molecule has 158 valence electrons. The number of ether oxygens (including phenoxy) is 3. The molecule has 0 atom stereocenters. The minimum atomic E-state index is -0.297. The Bertz CT molecular complexity index is 1200. The van der Waals surface area contributed by atoms with Crippen LogP contribution in [-0.4, -0.2) is 36.9 Å². The van der Waals surface area contributed by atoms with E-state index in [0.29, 0.717) is 28.6 Å². The molecule has 8 nitrogen and oxygen atoms in total. The molecule has 1 aromatic heterocycles. The van der Waals surface area contributed by atoms with Gasteiger partial charge >= 0.3 is 0 Å². The van der Waals surface area contributed by atoms with Gasteiger partial charge in [-0.2, -0.15) is 4.98 Å². The lowest BCUT2D eigenvalue weighted by molar-refractivity contribution is -0.123. The number of nitrogens with one attached hydrogen (secondary N) is 1. The van der Waals surface area contributed by atoms with Crippen molar-refractivity contribution >= 4 is 16.7 Å². The largest absolute Gasteiger partial charge is 0.497 e. The van der Waals surface area contributed by atoms with E-state index < -0.39 is 0 Å². The van der Waals surface area contributed by atoms with Crippen molar-refractivity contribution in [1.82, 2.24) is 15.5 Å². The number of rotatable bonds is 8. The first kappa shape index (κ1) is 20.2. The van der Waals surface area contributed by atoms with Crippen LogP contribution in [0.15, 0.2) is 65.2 Å². The highest BCUT2D eigenvalue weighted by Crippen LogP contribution is 2.31. The van der Waals surface area contributed by atoms with Crippen molar-refractivity contribution in [2.45, 2.75) is 6.54 Å². The summed E-state index contributed by atoms with van der Waals surface area (Å²) in [5.74, 6) is 2.19. The molecule has 0 aliphatic carbocycles. The van der Waals surface area contributed by atoms with Gasteiger partial charge in [0, 0.05) is 11.5 Å². The average Bonchev–Trinajstić information content (AvgIpc) is 3.29. The van der Waals surface area contributed by atoms with Crippen LogP contribution < -0.4 is 19.5 Å².